The molecule has 7 heteroatoms. The van der Waals surface area contributed by atoms with E-state index in [0.717, 1.165) is 17.0 Å². The Hall–Kier alpha value is -4.13. The quantitative estimate of drug-likeness (QED) is 0.291. The second-order valence-electron chi connectivity index (χ2n) is 7.48. The van der Waals surface area contributed by atoms with E-state index in [4.69, 9.17) is 9.15 Å². The van der Waals surface area contributed by atoms with Crippen LogP contribution >= 0.6 is 0 Å². The molecule has 3 aromatic carbocycles. The van der Waals surface area contributed by atoms with Crippen LogP contribution in [0.5, 0.6) is 5.75 Å². The Balaban J connectivity index is 1.44. The minimum absolute atomic E-state index is 0.0178. The number of hydrogen-bond acceptors (Lipinski definition) is 4. The number of halogens is 3. The minimum atomic E-state index is -4.47. The molecule has 0 atom stereocenters. The Kier molecular flexibility index (Phi) is 5.09. The largest absolute Gasteiger partial charge is 0.489 e. The topological polar surface area (TPSA) is 52.3 Å². The predicted molar refractivity (Wildman–Crippen MR) is 119 cm³/mol. The molecule has 0 saturated heterocycles. The molecule has 0 aliphatic rings. The Bertz CT molecular complexity index is 1540. The number of hydrogen-bond donors (Lipinski definition) is 0. The van der Waals surface area contributed by atoms with Crippen LogP contribution in [0.3, 0.4) is 0 Å². The lowest BCUT2D eigenvalue weighted by molar-refractivity contribution is -0.138. The standard InChI is InChI=1S/C26H16F3NO3/c27-26(28,29)21-7-3-1-6-18(21)15-32-19-11-9-17-13-20(25(31)33-24(17)14-19)23-12-10-16-5-2-4-8-22(16)30-23/h1-14H,15H2. The number of ether oxygens (including phenoxy) is 1. The number of nitrogens with zero attached hydrogens (tertiary/aromatic N) is 1. The van der Waals surface area contributed by atoms with E-state index in [1.54, 1.807) is 24.3 Å². The maximum Gasteiger partial charge on any atom is 0.416 e. The van der Waals surface area contributed by atoms with Gasteiger partial charge in [-0.25, -0.2) is 9.78 Å². The lowest BCUT2D eigenvalue weighted by atomic mass is 10.1. The van der Waals surface area contributed by atoms with E-state index in [0.29, 0.717) is 22.4 Å². The van der Waals surface area contributed by atoms with Crippen molar-refractivity contribution in [1.29, 1.82) is 0 Å². The van der Waals surface area contributed by atoms with Gasteiger partial charge in [0, 0.05) is 22.4 Å². The van der Waals surface area contributed by atoms with Gasteiger partial charge in [0.2, 0.25) is 0 Å². The molecule has 5 rings (SSSR count). The Morgan fingerprint density at radius 2 is 1.61 bits per heavy atom. The zero-order chi connectivity index (χ0) is 23.0. The van der Waals surface area contributed by atoms with Crippen molar-refractivity contribution in [1.82, 2.24) is 4.98 Å². The van der Waals surface area contributed by atoms with Gasteiger partial charge in [-0.3, -0.25) is 0 Å². The van der Waals surface area contributed by atoms with Gasteiger partial charge < -0.3 is 9.15 Å². The van der Waals surface area contributed by atoms with E-state index in [9.17, 15) is 18.0 Å². The van der Waals surface area contributed by atoms with E-state index < -0.39 is 17.4 Å². The molecule has 5 aromatic rings. The number of aromatic nitrogens is 1. The molecule has 0 aliphatic heterocycles. The van der Waals surface area contributed by atoms with E-state index in [1.165, 1.54) is 24.3 Å². The normalized spacial score (nSPS) is 11.7. The van der Waals surface area contributed by atoms with Crippen LogP contribution in [0.2, 0.25) is 0 Å². The highest BCUT2D eigenvalue weighted by molar-refractivity contribution is 5.85. The van der Waals surface area contributed by atoms with Crippen molar-refractivity contribution >= 4 is 21.9 Å². The summed E-state index contributed by atoms with van der Waals surface area (Å²) in [6, 6.07) is 22.9. The number of pyridine rings is 1. The highest BCUT2D eigenvalue weighted by atomic mass is 19.4. The molecule has 0 spiro atoms. The monoisotopic (exact) mass is 447 g/mol. The van der Waals surface area contributed by atoms with Gasteiger partial charge in [-0.05, 0) is 36.4 Å². The van der Waals surface area contributed by atoms with Crippen molar-refractivity contribution in [3.63, 3.8) is 0 Å². The molecule has 164 valence electrons. The molecule has 0 unspecified atom stereocenters. The third-order valence-electron chi connectivity index (χ3n) is 5.30. The van der Waals surface area contributed by atoms with Gasteiger partial charge in [0.15, 0.2) is 0 Å². The number of para-hydroxylation sites is 1. The first-order valence-electron chi connectivity index (χ1n) is 10.1. The van der Waals surface area contributed by atoms with Gasteiger partial charge in [0.1, 0.15) is 17.9 Å². The van der Waals surface area contributed by atoms with Crippen molar-refractivity contribution in [2.45, 2.75) is 12.8 Å². The van der Waals surface area contributed by atoms with Gasteiger partial charge >= 0.3 is 11.8 Å². The number of fused-ring (bicyclic) bond motifs is 2. The van der Waals surface area contributed by atoms with Crippen molar-refractivity contribution < 1.29 is 22.3 Å². The molecule has 0 aliphatic carbocycles. The highest BCUT2D eigenvalue weighted by Crippen LogP contribution is 2.32. The van der Waals surface area contributed by atoms with E-state index >= 15 is 0 Å². The molecule has 0 radical (unpaired) electrons. The average molecular weight is 447 g/mol. The summed E-state index contributed by atoms with van der Waals surface area (Å²) in [6.07, 6.45) is -4.47. The number of alkyl halides is 3. The summed E-state index contributed by atoms with van der Waals surface area (Å²) < 4.78 is 50.6. The third kappa shape index (κ3) is 4.17. The summed E-state index contributed by atoms with van der Waals surface area (Å²) in [5, 5.41) is 1.60. The molecule has 0 amide bonds. The van der Waals surface area contributed by atoms with Gasteiger partial charge in [0.05, 0.1) is 22.3 Å². The van der Waals surface area contributed by atoms with Crippen molar-refractivity contribution in [2.24, 2.45) is 0 Å². The summed E-state index contributed by atoms with van der Waals surface area (Å²) in [4.78, 5) is 17.2. The van der Waals surface area contributed by atoms with Crippen LogP contribution in [0.4, 0.5) is 13.2 Å². The summed E-state index contributed by atoms with van der Waals surface area (Å²) in [6.45, 7) is -0.273. The molecule has 0 fully saturated rings. The first-order valence-corrected chi connectivity index (χ1v) is 10.1. The van der Waals surface area contributed by atoms with Crippen molar-refractivity contribution in [3.05, 3.63) is 106 Å². The molecular weight excluding hydrogens is 431 g/mol. The molecule has 0 N–H and O–H groups in total. The lowest BCUT2D eigenvalue weighted by Crippen LogP contribution is -2.10. The van der Waals surface area contributed by atoms with Crippen molar-refractivity contribution in [2.75, 3.05) is 0 Å². The highest BCUT2D eigenvalue weighted by Gasteiger charge is 2.33. The average Bonchev–Trinajstić information content (AvgIpc) is 2.81. The zero-order valence-electron chi connectivity index (χ0n) is 17.1. The van der Waals surface area contributed by atoms with Gasteiger partial charge in [-0.15, -0.1) is 0 Å². The molecule has 4 nitrogen and oxygen atoms in total. The van der Waals surface area contributed by atoms with Crippen LogP contribution in [-0.4, -0.2) is 4.98 Å². The Labute approximate surface area is 185 Å². The first kappa shape index (κ1) is 20.8. The fraction of sp³-hybridized carbons (Fsp3) is 0.0769. The minimum Gasteiger partial charge on any atom is -0.489 e. The van der Waals surface area contributed by atoms with Crippen LogP contribution in [0.1, 0.15) is 11.1 Å². The van der Waals surface area contributed by atoms with Gasteiger partial charge in [-0.2, -0.15) is 13.2 Å². The molecule has 2 heterocycles. The smallest absolute Gasteiger partial charge is 0.416 e. The van der Waals surface area contributed by atoms with E-state index in [2.05, 4.69) is 4.98 Å². The second kappa shape index (κ2) is 8.09. The predicted octanol–water partition coefficient (Wildman–Crippen LogP) is 6.61. The SMILES string of the molecule is O=c1oc2cc(OCc3ccccc3C(F)(F)F)ccc2cc1-c1ccc2ccccc2n1. The molecule has 33 heavy (non-hydrogen) atoms. The summed E-state index contributed by atoms with van der Waals surface area (Å²) in [7, 11) is 0. The second-order valence-corrected chi connectivity index (χ2v) is 7.48. The Morgan fingerprint density at radius 3 is 2.45 bits per heavy atom. The van der Waals surface area contributed by atoms with Crippen LogP contribution < -0.4 is 10.4 Å². The number of rotatable bonds is 4. The fourth-order valence-electron chi connectivity index (χ4n) is 3.66. The van der Waals surface area contributed by atoms with Crippen molar-refractivity contribution in [3.8, 4) is 17.0 Å². The molecule has 0 saturated carbocycles. The molecule has 2 aromatic heterocycles. The number of benzene rings is 3. The fourth-order valence-corrected chi connectivity index (χ4v) is 3.66. The summed E-state index contributed by atoms with van der Waals surface area (Å²) >= 11 is 0. The van der Waals surface area contributed by atoms with Crippen LogP contribution in [0.15, 0.2) is 94.1 Å². The van der Waals surface area contributed by atoms with Crippen LogP contribution in [0.25, 0.3) is 33.1 Å². The maximum absolute atomic E-state index is 13.2. The maximum atomic E-state index is 13.2. The van der Waals surface area contributed by atoms with Gasteiger partial charge in [-0.1, -0.05) is 42.5 Å². The lowest BCUT2D eigenvalue weighted by Gasteiger charge is -2.13. The van der Waals surface area contributed by atoms with Crippen LogP contribution in [0, 0.1) is 0 Å². The summed E-state index contributed by atoms with van der Waals surface area (Å²) in [5.41, 5.74) is 0.553. The van der Waals surface area contributed by atoms with E-state index in [-0.39, 0.29) is 17.8 Å². The zero-order valence-corrected chi connectivity index (χ0v) is 17.1. The Morgan fingerprint density at radius 1 is 0.848 bits per heavy atom. The first-order chi connectivity index (χ1) is 15.9. The third-order valence-corrected chi connectivity index (χ3v) is 5.30. The molecule has 0 bridgehead atoms. The molecular formula is C26H16F3NO3. The van der Waals surface area contributed by atoms with E-state index in [1.807, 2.05) is 30.3 Å². The summed E-state index contributed by atoms with van der Waals surface area (Å²) in [5.74, 6) is 0.291. The van der Waals surface area contributed by atoms with Crippen LogP contribution in [-0.2, 0) is 12.8 Å². The van der Waals surface area contributed by atoms with Gasteiger partial charge in [0.25, 0.3) is 0 Å².